The van der Waals surface area contributed by atoms with Crippen LogP contribution in [0, 0.1) is 0 Å². The molecule has 46 valence electrons. The Labute approximate surface area is 65.8 Å². The number of halogens is 2. The van der Waals surface area contributed by atoms with Gasteiger partial charge in [-0.15, -0.1) is 4.55 Å². The molecule has 0 unspecified atom stereocenters. The first-order valence-corrected chi connectivity index (χ1v) is 7.93. The van der Waals surface area contributed by atoms with Gasteiger partial charge in [0, 0.05) is 0 Å². The maximum Gasteiger partial charge on any atom is 0.468 e. The molecule has 0 aromatic rings. The van der Waals surface area contributed by atoms with Crippen molar-refractivity contribution in [1.29, 1.82) is 0 Å². The van der Waals surface area contributed by atoms with Crippen molar-refractivity contribution in [2.45, 2.75) is 23.8 Å². The van der Waals surface area contributed by atoms with E-state index < -0.39 is 0 Å². The van der Waals surface area contributed by atoms with Crippen molar-refractivity contribution in [2.24, 2.45) is 0 Å². The predicted molar refractivity (Wildman–Crippen MR) is 39.3 cm³/mol. The molecule has 0 bridgehead atoms. The zero-order valence-electron chi connectivity index (χ0n) is 5.00. The average Bonchev–Trinajstić information content (AvgIpc) is 1.81. The summed E-state index contributed by atoms with van der Waals surface area (Å²) in [6.45, 7) is -0.135. The maximum atomic E-state index is 11.4. The van der Waals surface area contributed by atoms with Gasteiger partial charge in [-0.2, -0.15) is 0 Å². The first kappa shape index (κ1) is 9.18. The molecule has 0 amide bonds. The lowest BCUT2D eigenvalue weighted by Gasteiger charge is -1.91. The third kappa shape index (κ3) is 7.18. The standard InChI is InChI=1S/C5H10F.BrH.Mg/c1-2-3-4-5-6;;/h1-5H2;1H;/q;;+1/p-1. The van der Waals surface area contributed by atoms with Gasteiger partial charge in [-0.1, -0.05) is 12.8 Å². The van der Waals surface area contributed by atoms with Crippen LogP contribution in [0.3, 0.4) is 0 Å². The van der Waals surface area contributed by atoms with E-state index in [9.17, 15) is 4.39 Å². The molecular weight excluding hydrogens is 183 g/mol. The molecule has 0 saturated heterocycles. The summed E-state index contributed by atoms with van der Waals surface area (Å²) in [5, 5.41) is 0. The Morgan fingerprint density at radius 2 is 2.00 bits per heavy atom. The molecule has 0 aliphatic carbocycles. The Hall–Kier alpha value is 1.18. The van der Waals surface area contributed by atoms with Crippen LogP contribution in [0.25, 0.3) is 0 Å². The maximum absolute atomic E-state index is 11.4. The van der Waals surface area contributed by atoms with E-state index >= 15 is 0 Å². The van der Waals surface area contributed by atoms with Crippen molar-refractivity contribution in [3.05, 3.63) is 0 Å². The fourth-order valence-corrected chi connectivity index (χ4v) is 2.27. The van der Waals surface area contributed by atoms with Gasteiger partial charge in [0.2, 0.25) is 0 Å². The van der Waals surface area contributed by atoms with Crippen LogP contribution < -0.4 is 0 Å². The minimum atomic E-state index is -0.135. The lowest BCUT2D eigenvalue weighted by Crippen LogP contribution is -1.80. The molecule has 0 N–H and O–H groups in total. The Bertz CT molecular complexity index is 37.4. The van der Waals surface area contributed by atoms with Gasteiger partial charge in [-0.3, -0.25) is 4.39 Å². The Morgan fingerprint density at radius 1 is 1.25 bits per heavy atom. The van der Waals surface area contributed by atoms with Crippen LogP contribution in [-0.2, 0) is 0 Å². The molecule has 0 rings (SSSR count). The zero-order valence-corrected chi connectivity index (χ0v) is 8.00. The van der Waals surface area contributed by atoms with Crippen molar-refractivity contribution in [1.82, 2.24) is 0 Å². The first-order chi connectivity index (χ1) is 3.91. The number of unbranched alkanes of at least 4 members (excludes halogenated alkanes) is 2. The van der Waals surface area contributed by atoms with Crippen LogP contribution in [0.15, 0.2) is 0 Å². The second-order valence-electron chi connectivity index (χ2n) is 1.79. The second kappa shape index (κ2) is 8.18. The molecule has 0 aliphatic heterocycles. The van der Waals surface area contributed by atoms with Gasteiger partial charge in [0.1, 0.15) is 0 Å². The minimum Gasteiger partial charge on any atom is -0.307 e. The molecule has 0 atom stereocenters. The van der Waals surface area contributed by atoms with Crippen LogP contribution in [0.1, 0.15) is 19.3 Å². The number of rotatable bonds is 5. The molecule has 0 radical (unpaired) electrons. The summed E-state index contributed by atoms with van der Waals surface area (Å²) in [5.41, 5.74) is 0. The van der Waals surface area contributed by atoms with Gasteiger partial charge in [0.15, 0.2) is 0 Å². The first-order valence-electron chi connectivity index (χ1n) is 3.03. The largest absolute Gasteiger partial charge is 0.468 e. The second-order valence-corrected chi connectivity index (χ2v) is 5.26. The highest BCUT2D eigenvalue weighted by Crippen LogP contribution is 2.00. The van der Waals surface area contributed by atoms with Crippen molar-refractivity contribution in [3.8, 4) is 0 Å². The molecule has 0 nitrogen and oxygen atoms in total. The molecule has 0 aromatic heterocycles. The molecule has 0 heterocycles. The van der Waals surface area contributed by atoms with Crippen LogP contribution in [0.4, 0.5) is 4.39 Å². The third-order valence-electron chi connectivity index (χ3n) is 1.02. The fraction of sp³-hybridized carbons (Fsp3) is 1.00. The van der Waals surface area contributed by atoms with Crippen molar-refractivity contribution < 1.29 is 4.39 Å². The number of hydrogen-bond donors (Lipinski definition) is 0. The molecule has 0 fully saturated rings. The summed E-state index contributed by atoms with van der Waals surface area (Å²) in [6, 6.07) is 0. The Kier molecular flexibility index (Phi) is 9.38. The summed E-state index contributed by atoms with van der Waals surface area (Å²) in [6.07, 6.45) is 3.07. The molecular formula is C5H10BrFMg. The van der Waals surface area contributed by atoms with Crippen molar-refractivity contribution in [3.63, 3.8) is 0 Å². The van der Waals surface area contributed by atoms with Gasteiger partial charge in [0.05, 0.1) is 6.67 Å². The highest BCUT2D eigenvalue weighted by atomic mass is 79.9. The summed E-state index contributed by atoms with van der Waals surface area (Å²) < 4.78 is 12.7. The average molecular weight is 193 g/mol. The molecule has 0 aromatic carbocycles. The molecule has 8 heavy (non-hydrogen) atoms. The van der Waals surface area contributed by atoms with Crippen LogP contribution in [0.5, 0.6) is 0 Å². The lowest BCUT2D eigenvalue weighted by atomic mass is 10.3. The van der Waals surface area contributed by atoms with Gasteiger partial charge >= 0.3 is 18.2 Å². The number of hydrogen-bond acceptors (Lipinski definition) is 0. The molecule has 0 spiro atoms. The summed E-state index contributed by atoms with van der Waals surface area (Å²) in [7, 11) is 0. The summed E-state index contributed by atoms with van der Waals surface area (Å²) >= 11 is 3.52. The Balaban J connectivity index is 2.53. The molecule has 3 heteroatoms. The minimum absolute atomic E-state index is 0.0761. The van der Waals surface area contributed by atoms with Crippen LogP contribution >= 0.6 is 12.9 Å². The highest BCUT2D eigenvalue weighted by Gasteiger charge is 1.89. The van der Waals surface area contributed by atoms with Crippen molar-refractivity contribution in [2.75, 3.05) is 6.67 Å². The van der Waals surface area contributed by atoms with Gasteiger partial charge in [-0.25, -0.2) is 0 Å². The third-order valence-corrected chi connectivity index (χ3v) is 3.47. The molecule has 0 saturated carbocycles. The highest BCUT2D eigenvalue weighted by molar-refractivity contribution is 9.23. The van der Waals surface area contributed by atoms with E-state index in [4.69, 9.17) is 0 Å². The number of alkyl halides is 1. The van der Waals surface area contributed by atoms with Crippen LogP contribution in [0.2, 0.25) is 4.55 Å². The van der Waals surface area contributed by atoms with E-state index in [1.165, 1.54) is 11.0 Å². The lowest BCUT2D eigenvalue weighted by molar-refractivity contribution is 0.460. The van der Waals surface area contributed by atoms with Gasteiger partial charge < -0.3 is 12.9 Å². The van der Waals surface area contributed by atoms with E-state index in [1.54, 1.807) is 0 Å². The topological polar surface area (TPSA) is 0 Å². The van der Waals surface area contributed by atoms with Gasteiger partial charge in [0.25, 0.3) is 0 Å². The zero-order chi connectivity index (χ0) is 6.24. The SMILES string of the molecule is FCCCC[CH2][Mg][Br]. The monoisotopic (exact) mass is 192 g/mol. The fourth-order valence-electron chi connectivity index (χ4n) is 0.543. The van der Waals surface area contributed by atoms with Crippen LogP contribution in [-0.4, -0.2) is 24.9 Å². The van der Waals surface area contributed by atoms with E-state index in [0.29, 0.717) is 0 Å². The predicted octanol–water partition coefficient (Wildman–Crippen LogP) is 2.56. The van der Waals surface area contributed by atoms with Gasteiger partial charge in [-0.05, 0) is 6.42 Å². The van der Waals surface area contributed by atoms with E-state index in [1.807, 2.05) is 0 Å². The quantitative estimate of drug-likeness (QED) is 0.465. The Morgan fingerprint density at radius 3 is 2.50 bits per heavy atom. The molecule has 0 aliphatic rings. The van der Waals surface area contributed by atoms with E-state index in [2.05, 4.69) is 12.9 Å². The smallest absolute Gasteiger partial charge is 0.307 e. The summed E-state index contributed by atoms with van der Waals surface area (Å²) in [5.74, 6) is 0. The normalized spacial score (nSPS) is 8.75. The van der Waals surface area contributed by atoms with Crippen molar-refractivity contribution >= 4 is 31.1 Å². The van der Waals surface area contributed by atoms with E-state index in [0.717, 1.165) is 12.8 Å². The van der Waals surface area contributed by atoms with E-state index in [-0.39, 0.29) is 24.9 Å². The summed E-state index contributed by atoms with van der Waals surface area (Å²) in [4.78, 5) is 0.